The number of non-ortho nitro benzene ring substituents is 1. The highest BCUT2D eigenvalue weighted by molar-refractivity contribution is 9.10. The summed E-state index contributed by atoms with van der Waals surface area (Å²) >= 11 is 3.31. The molecule has 0 spiro atoms. The topological polar surface area (TPSA) is 97.3 Å². The highest BCUT2D eigenvalue weighted by atomic mass is 79.9. The van der Waals surface area contributed by atoms with Crippen LogP contribution in [0, 0.1) is 10.1 Å². The number of halogens is 1. The molecule has 22 heavy (non-hydrogen) atoms. The van der Waals surface area contributed by atoms with Gasteiger partial charge in [0.05, 0.1) is 16.5 Å². The quantitative estimate of drug-likeness (QED) is 0.654. The van der Waals surface area contributed by atoms with Crippen molar-refractivity contribution in [3.05, 3.63) is 38.6 Å². The zero-order valence-electron chi connectivity index (χ0n) is 11.8. The van der Waals surface area contributed by atoms with Gasteiger partial charge in [-0.3, -0.25) is 15.0 Å². The molecule has 3 rings (SSSR count). The zero-order chi connectivity index (χ0) is 15.7. The molecule has 8 nitrogen and oxygen atoms in total. The number of aromatic nitrogens is 2. The number of benzene rings is 1. The van der Waals surface area contributed by atoms with Crippen LogP contribution in [0.3, 0.4) is 0 Å². The Hall–Kier alpha value is -1.84. The molecule has 0 bridgehead atoms. The molecule has 0 saturated carbocycles. The molecule has 0 radical (unpaired) electrons. The van der Waals surface area contributed by atoms with Crippen molar-refractivity contribution in [1.82, 2.24) is 20.4 Å². The van der Waals surface area contributed by atoms with Crippen LogP contribution < -0.4 is 5.32 Å². The Morgan fingerprint density at radius 2 is 2.36 bits per heavy atom. The summed E-state index contributed by atoms with van der Waals surface area (Å²) in [5, 5.41) is 18.1. The standard InChI is InChI=1S/C13H14BrN5O3/c1-18-5-4-15-7-11(18)12-16-13(22-17-12)9-3-2-8(19(20)21)6-10(9)14/h2-3,6,11,15H,4-5,7H2,1H3. The first-order valence-corrected chi connectivity index (χ1v) is 7.54. The maximum atomic E-state index is 10.8. The minimum atomic E-state index is -0.448. The Balaban J connectivity index is 1.89. The van der Waals surface area contributed by atoms with E-state index in [1.807, 2.05) is 7.05 Å². The lowest BCUT2D eigenvalue weighted by Crippen LogP contribution is -2.44. The van der Waals surface area contributed by atoms with Gasteiger partial charge in [-0.15, -0.1) is 0 Å². The molecule has 1 aliphatic rings. The minimum Gasteiger partial charge on any atom is -0.334 e. The number of nitrogens with one attached hydrogen (secondary N) is 1. The molecule has 1 unspecified atom stereocenters. The van der Waals surface area contributed by atoms with Gasteiger partial charge in [0, 0.05) is 36.2 Å². The fraction of sp³-hybridized carbons (Fsp3) is 0.385. The smallest absolute Gasteiger partial charge is 0.270 e. The molecule has 2 aromatic rings. The molecule has 1 aromatic carbocycles. The number of hydrogen-bond acceptors (Lipinski definition) is 7. The number of likely N-dealkylation sites (N-methyl/N-ethyl adjacent to an activating group) is 1. The van der Waals surface area contributed by atoms with E-state index in [1.165, 1.54) is 12.1 Å². The van der Waals surface area contributed by atoms with Crippen LogP contribution in [0.15, 0.2) is 27.2 Å². The van der Waals surface area contributed by atoms with Gasteiger partial charge in [-0.2, -0.15) is 4.98 Å². The Labute approximate surface area is 134 Å². The summed E-state index contributed by atoms with van der Waals surface area (Å²) in [6, 6.07) is 4.50. The maximum absolute atomic E-state index is 10.8. The number of nitro benzene ring substituents is 1. The van der Waals surface area contributed by atoms with E-state index < -0.39 is 4.92 Å². The lowest BCUT2D eigenvalue weighted by atomic mass is 10.2. The van der Waals surface area contributed by atoms with Crippen molar-refractivity contribution < 1.29 is 9.45 Å². The highest BCUT2D eigenvalue weighted by Crippen LogP contribution is 2.31. The average molecular weight is 368 g/mol. The molecule has 1 fully saturated rings. The number of nitro groups is 1. The highest BCUT2D eigenvalue weighted by Gasteiger charge is 2.26. The maximum Gasteiger partial charge on any atom is 0.270 e. The van der Waals surface area contributed by atoms with E-state index in [0.717, 1.165) is 19.6 Å². The molecule has 2 heterocycles. The minimum absolute atomic E-state index is 0.00609. The summed E-state index contributed by atoms with van der Waals surface area (Å²) < 4.78 is 5.87. The van der Waals surface area contributed by atoms with Crippen molar-refractivity contribution >= 4 is 21.6 Å². The van der Waals surface area contributed by atoms with Crippen LogP contribution in [0.4, 0.5) is 5.69 Å². The summed E-state index contributed by atoms with van der Waals surface area (Å²) in [7, 11) is 2.02. The van der Waals surface area contributed by atoms with E-state index in [-0.39, 0.29) is 11.7 Å². The zero-order valence-corrected chi connectivity index (χ0v) is 13.4. The first-order chi connectivity index (χ1) is 10.6. The normalized spacial score (nSPS) is 19.3. The van der Waals surface area contributed by atoms with Crippen LogP contribution >= 0.6 is 15.9 Å². The second kappa shape index (κ2) is 6.11. The van der Waals surface area contributed by atoms with Crippen LogP contribution in [-0.4, -0.2) is 46.6 Å². The molecule has 1 aliphatic heterocycles. The number of rotatable bonds is 3. The molecule has 1 N–H and O–H groups in total. The Morgan fingerprint density at radius 1 is 1.55 bits per heavy atom. The second-order valence-corrected chi connectivity index (χ2v) is 5.93. The van der Waals surface area contributed by atoms with Crippen LogP contribution in [-0.2, 0) is 0 Å². The van der Waals surface area contributed by atoms with E-state index in [0.29, 0.717) is 21.8 Å². The first-order valence-electron chi connectivity index (χ1n) is 6.75. The number of piperazine rings is 1. The molecule has 1 atom stereocenters. The largest absolute Gasteiger partial charge is 0.334 e. The Kier molecular flexibility index (Phi) is 4.19. The van der Waals surface area contributed by atoms with Crippen molar-refractivity contribution in [2.45, 2.75) is 6.04 Å². The predicted octanol–water partition coefficient (Wildman–Crippen LogP) is 1.98. The molecule has 0 amide bonds. The third-order valence-corrected chi connectivity index (χ3v) is 4.30. The summed E-state index contributed by atoms with van der Waals surface area (Å²) in [4.78, 5) is 16.9. The van der Waals surface area contributed by atoms with E-state index in [2.05, 4.69) is 36.3 Å². The monoisotopic (exact) mass is 367 g/mol. The average Bonchev–Trinajstić information content (AvgIpc) is 2.97. The SMILES string of the molecule is CN1CCNCC1c1noc(-c2ccc([N+](=O)[O-])cc2Br)n1. The third-order valence-electron chi connectivity index (χ3n) is 3.64. The predicted molar refractivity (Wildman–Crippen MR) is 82.3 cm³/mol. The molecule has 9 heteroatoms. The van der Waals surface area contributed by atoms with Crippen molar-refractivity contribution in [1.29, 1.82) is 0 Å². The molecule has 1 saturated heterocycles. The summed E-state index contributed by atoms with van der Waals surface area (Å²) in [6.45, 7) is 2.61. The van der Waals surface area contributed by atoms with E-state index >= 15 is 0 Å². The van der Waals surface area contributed by atoms with Gasteiger partial charge < -0.3 is 9.84 Å². The van der Waals surface area contributed by atoms with Gasteiger partial charge in [-0.05, 0) is 29.0 Å². The molecule has 116 valence electrons. The van der Waals surface area contributed by atoms with E-state index in [9.17, 15) is 10.1 Å². The van der Waals surface area contributed by atoms with E-state index in [1.54, 1.807) is 6.07 Å². The molecular formula is C13H14BrN5O3. The number of hydrogen-bond donors (Lipinski definition) is 1. The fourth-order valence-electron chi connectivity index (χ4n) is 2.36. The third kappa shape index (κ3) is 2.87. The van der Waals surface area contributed by atoms with Crippen molar-refractivity contribution in [2.24, 2.45) is 0 Å². The van der Waals surface area contributed by atoms with Crippen LogP contribution in [0.1, 0.15) is 11.9 Å². The van der Waals surface area contributed by atoms with Crippen LogP contribution in [0.5, 0.6) is 0 Å². The molecular weight excluding hydrogens is 354 g/mol. The fourth-order valence-corrected chi connectivity index (χ4v) is 2.90. The van der Waals surface area contributed by atoms with E-state index in [4.69, 9.17) is 4.52 Å². The number of nitrogens with zero attached hydrogens (tertiary/aromatic N) is 4. The van der Waals surface area contributed by atoms with Crippen molar-refractivity contribution in [3.8, 4) is 11.5 Å². The first kappa shape index (κ1) is 15.1. The van der Waals surface area contributed by atoms with Crippen LogP contribution in [0.2, 0.25) is 0 Å². The lowest BCUT2D eigenvalue weighted by Gasteiger charge is -2.30. The van der Waals surface area contributed by atoms with Crippen LogP contribution in [0.25, 0.3) is 11.5 Å². The van der Waals surface area contributed by atoms with Gasteiger partial charge in [0.2, 0.25) is 0 Å². The Morgan fingerprint density at radius 3 is 3.05 bits per heavy atom. The summed E-state index contributed by atoms with van der Waals surface area (Å²) in [5.41, 5.74) is 0.641. The molecule has 0 aliphatic carbocycles. The van der Waals surface area contributed by atoms with Crippen molar-refractivity contribution in [3.63, 3.8) is 0 Å². The van der Waals surface area contributed by atoms with Gasteiger partial charge in [-0.1, -0.05) is 5.16 Å². The molecule has 1 aromatic heterocycles. The Bertz CT molecular complexity index is 705. The second-order valence-electron chi connectivity index (χ2n) is 5.08. The van der Waals surface area contributed by atoms with Gasteiger partial charge in [0.25, 0.3) is 11.6 Å². The van der Waals surface area contributed by atoms with Crippen molar-refractivity contribution in [2.75, 3.05) is 26.7 Å². The van der Waals surface area contributed by atoms with Gasteiger partial charge in [-0.25, -0.2) is 0 Å². The van der Waals surface area contributed by atoms with Gasteiger partial charge in [0.15, 0.2) is 5.82 Å². The summed E-state index contributed by atoms with van der Waals surface area (Å²) in [6.07, 6.45) is 0. The summed E-state index contributed by atoms with van der Waals surface area (Å²) in [5.74, 6) is 0.950. The van der Waals surface area contributed by atoms with Gasteiger partial charge in [0.1, 0.15) is 0 Å². The van der Waals surface area contributed by atoms with Gasteiger partial charge >= 0.3 is 0 Å². The lowest BCUT2D eigenvalue weighted by molar-refractivity contribution is -0.384.